The van der Waals surface area contributed by atoms with Crippen LogP contribution in [0.1, 0.15) is 48.9 Å². The van der Waals surface area contributed by atoms with Crippen LogP contribution in [-0.4, -0.2) is 84.4 Å². The number of carbonyl (C=O) groups is 3. The summed E-state index contributed by atoms with van der Waals surface area (Å²) in [5.41, 5.74) is 2.74. The van der Waals surface area contributed by atoms with Crippen LogP contribution < -0.4 is 11.0 Å². The zero-order valence-electron chi connectivity index (χ0n) is 51.9. The van der Waals surface area contributed by atoms with Crippen molar-refractivity contribution in [1.82, 2.24) is 15.0 Å². The number of halogens is 4. The van der Waals surface area contributed by atoms with Crippen LogP contribution in [0.15, 0.2) is 300 Å². The minimum atomic E-state index is -1.12. The molecule has 0 amide bonds. The summed E-state index contributed by atoms with van der Waals surface area (Å²) in [4.78, 5) is 56.5. The Morgan fingerprint density at radius 1 is 0.562 bits per heavy atom. The van der Waals surface area contributed by atoms with E-state index in [1.54, 1.807) is 129 Å². The quantitative estimate of drug-likeness (QED) is 0.0318. The van der Waals surface area contributed by atoms with Crippen molar-refractivity contribution >= 4 is 68.5 Å². The molecule has 0 saturated carbocycles. The highest BCUT2D eigenvalue weighted by molar-refractivity contribution is 14.1. The van der Waals surface area contributed by atoms with Gasteiger partial charge in [0.2, 0.25) is 5.56 Å². The maximum atomic E-state index is 12.0. The number of hydrogen-bond acceptors (Lipinski definition) is 13. The molecule has 0 aliphatic carbocycles. The van der Waals surface area contributed by atoms with Gasteiger partial charge in [0.05, 0.1) is 6.20 Å². The third-order valence-corrected chi connectivity index (χ3v) is 12.3. The summed E-state index contributed by atoms with van der Waals surface area (Å²) in [5, 5.41) is 86.6. The normalized spacial score (nSPS) is 9.06. The third kappa shape index (κ3) is 44.5. The van der Waals surface area contributed by atoms with Gasteiger partial charge in [0, 0.05) is 62.5 Å². The largest absolute Gasteiger partial charge is 0.508 e. The number of aromatic amines is 2. The van der Waals surface area contributed by atoms with Gasteiger partial charge in [0.15, 0.2) is 5.43 Å². The van der Waals surface area contributed by atoms with Crippen molar-refractivity contribution in [2.24, 2.45) is 0 Å². The van der Waals surface area contributed by atoms with Crippen molar-refractivity contribution in [3.05, 3.63) is 347 Å². The molecular weight excluding hydrogens is 1430 g/mol. The van der Waals surface area contributed by atoms with Crippen LogP contribution in [0.3, 0.4) is 0 Å². The molecule has 11 aromatic rings. The molecule has 0 spiro atoms. The predicted octanol–water partition coefficient (Wildman–Crippen LogP) is 15.5. The molecule has 8 aromatic carbocycles. The lowest BCUT2D eigenvalue weighted by molar-refractivity contribution is -0.137. The van der Waals surface area contributed by atoms with Gasteiger partial charge in [-0.25, -0.2) is 4.39 Å². The fourth-order valence-electron chi connectivity index (χ4n) is 6.22. The Bertz CT molecular complexity index is 3490. The van der Waals surface area contributed by atoms with E-state index in [1.807, 2.05) is 121 Å². The molecule has 3 heterocycles. The van der Waals surface area contributed by atoms with Crippen molar-refractivity contribution in [2.45, 2.75) is 38.7 Å². The van der Waals surface area contributed by atoms with Gasteiger partial charge in [-0.05, 0) is 179 Å². The van der Waals surface area contributed by atoms with Gasteiger partial charge in [-0.3, -0.25) is 29.0 Å². The summed E-state index contributed by atoms with van der Waals surface area (Å²) in [5.74, 6) is 1.45. The number of carboxylic acid groups (broad SMARTS) is 3. The lowest BCUT2D eigenvalue weighted by Crippen LogP contribution is -2.28. The Morgan fingerprint density at radius 2 is 0.948 bits per heavy atom. The maximum Gasteiger partial charge on any atom is 0.315 e. The topological polar surface area (TPSA) is 332 Å². The van der Waals surface area contributed by atoms with Crippen LogP contribution in [0, 0.1) is 21.7 Å². The number of pyridine rings is 3. The van der Waals surface area contributed by atoms with Crippen LogP contribution in [-0.2, 0) is 26.4 Å². The molecule has 18 nitrogen and oxygen atoms in total. The number of aliphatic carboxylic acids is 2. The van der Waals surface area contributed by atoms with Crippen molar-refractivity contribution in [1.29, 1.82) is 0 Å². The molecular formula is C74H73BrClFIN3O15. The zero-order chi connectivity index (χ0) is 71.8. The number of hydrogen-bond donors (Lipinski definition) is 12. The van der Waals surface area contributed by atoms with E-state index in [-0.39, 0.29) is 53.4 Å². The molecule has 0 radical (unpaired) electrons. The summed E-state index contributed by atoms with van der Waals surface area (Å²) in [6, 6.07) is 73.0. The van der Waals surface area contributed by atoms with Crippen LogP contribution >= 0.6 is 50.1 Å². The molecule has 0 saturated heterocycles. The highest BCUT2D eigenvalue weighted by Crippen LogP contribution is 2.36. The first-order valence-corrected chi connectivity index (χ1v) is 30.4. The molecule has 12 N–H and O–H groups in total. The van der Waals surface area contributed by atoms with E-state index in [1.165, 1.54) is 54.2 Å². The fourth-order valence-corrected chi connectivity index (χ4v) is 6.97. The van der Waals surface area contributed by atoms with Crippen LogP contribution in [0.4, 0.5) is 4.39 Å². The molecule has 11 rings (SSSR count). The Balaban J connectivity index is 0.00000106. The van der Waals surface area contributed by atoms with Crippen molar-refractivity contribution < 1.29 is 69.8 Å². The van der Waals surface area contributed by atoms with Crippen LogP contribution in [0.2, 0.25) is 5.02 Å². The molecule has 96 heavy (non-hydrogen) atoms. The summed E-state index contributed by atoms with van der Waals surface area (Å²) in [6.45, 7) is 3.44. The zero-order valence-corrected chi connectivity index (χ0v) is 56.4. The number of nitrogens with zero attached hydrogens (tertiary/aromatic N) is 1. The first kappa shape index (κ1) is 85.0. The monoisotopic (exact) mass is 1500 g/mol. The minimum Gasteiger partial charge on any atom is -0.508 e. The highest BCUT2D eigenvalue weighted by atomic mass is 127. The number of phenolic OH excluding ortho intramolecular Hbond substituents is 5. The SMILES string of the molecule is C#CCC(=O)O.CCC(=O)O.CCc1ccc(O)cc1.O=CO.O=c1cc[nH]cc1.O=c1cccc[nH]1.OC(c1ccccc1)(c1ccccc1)c1ccccc1.Oc1ccc(Br)cc1.Oc1ccc(Cl)cc1.Oc1ccc(F)cc1.Oc1ccc(I)cc1.Oc1cccnc1. The average molecular weight is 1510 g/mol. The fraction of sp³-hybridized carbons (Fsp3) is 0.0811. The second-order valence-electron chi connectivity index (χ2n) is 18.0. The van der Waals surface area contributed by atoms with Crippen molar-refractivity contribution in [3.8, 4) is 46.8 Å². The van der Waals surface area contributed by atoms with Crippen molar-refractivity contribution in [2.75, 3.05) is 0 Å². The number of phenols is 5. The predicted molar refractivity (Wildman–Crippen MR) is 384 cm³/mol. The molecule has 0 unspecified atom stereocenters. The first-order valence-electron chi connectivity index (χ1n) is 28.2. The molecule has 0 fully saturated rings. The van der Waals surface area contributed by atoms with E-state index < -0.39 is 17.5 Å². The summed E-state index contributed by atoms with van der Waals surface area (Å²) in [7, 11) is 0. The minimum absolute atomic E-state index is 0.0405. The number of aromatic nitrogens is 3. The molecule has 0 aliphatic heterocycles. The number of aryl methyl sites for hydroxylation is 1. The van der Waals surface area contributed by atoms with Gasteiger partial charge < -0.3 is 61.0 Å². The lowest BCUT2D eigenvalue weighted by atomic mass is 9.80. The van der Waals surface area contributed by atoms with Crippen LogP contribution in [0.5, 0.6) is 34.5 Å². The average Bonchev–Trinajstić information content (AvgIpc) is 0.777. The standard InChI is InChI=1S/C19H16O.C8H10O.C6H5BrO.C6H5ClO.C6H5FO.C6H5IO.3C5H5NO.C4H4O2.C3H6O2.CH2O2/c20-19(16-10-4-1-5-11-16,17-12-6-2-7-13-17)18-14-8-3-9-15-18;1-2-7-3-5-8(9)6-4-7;4*7-5-1-3-6(8)4-2-5;7-5-1-3-6-4-2-5;7-5-2-1-3-6-4-5;7-5-3-1-2-4-6-5;1-2-3-4(5)6;1-2-3(4)5;2-1-3/h1-15,20H;3-6,9H,2H2,1H3;4*1-4,8H;1-4H,(H,6,7);1-4,7H;1-4H,(H,6,7);1H,3H2,(H,5,6);2H2,1H3,(H,4,5);1H,(H,2,3). The lowest BCUT2D eigenvalue weighted by Gasteiger charge is -2.30. The summed E-state index contributed by atoms with van der Waals surface area (Å²) in [6.07, 6.45) is 13.5. The Morgan fingerprint density at radius 3 is 1.19 bits per heavy atom. The van der Waals surface area contributed by atoms with Gasteiger partial charge in [0.25, 0.3) is 6.47 Å². The molecule has 502 valence electrons. The van der Waals surface area contributed by atoms with Gasteiger partial charge in [0.1, 0.15) is 52.3 Å². The maximum absolute atomic E-state index is 12.0. The van der Waals surface area contributed by atoms with E-state index in [0.717, 1.165) is 31.2 Å². The second-order valence-corrected chi connectivity index (χ2v) is 20.6. The molecule has 0 aliphatic rings. The highest BCUT2D eigenvalue weighted by Gasteiger charge is 2.33. The number of carboxylic acids is 2. The van der Waals surface area contributed by atoms with E-state index in [9.17, 15) is 28.7 Å². The number of rotatable bonds is 6. The molecule has 22 heteroatoms. The third-order valence-electron chi connectivity index (χ3n) is 10.8. The summed E-state index contributed by atoms with van der Waals surface area (Å²) < 4.78 is 14.1. The number of H-pyrrole nitrogens is 2. The number of nitrogens with one attached hydrogen (secondary N) is 2. The molecule has 0 atom stereocenters. The number of aliphatic hydroxyl groups is 1. The number of benzene rings is 8. The van der Waals surface area contributed by atoms with Gasteiger partial charge >= 0.3 is 11.9 Å². The van der Waals surface area contributed by atoms with Gasteiger partial charge in [-0.2, -0.15) is 0 Å². The Labute approximate surface area is 582 Å². The molecule has 3 aromatic heterocycles. The van der Waals surface area contributed by atoms with Gasteiger partial charge in [-0.15, -0.1) is 6.42 Å². The van der Waals surface area contributed by atoms with Gasteiger partial charge in [-0.1, -0.05) is 156 Å². The van der Waals surface area contributed by atoms with E-state index in [0.29, 0.717) is 22.3 Å². The second kappa shape index (κ2) is 53.5. The number of aromatic hydroxyl groups is 6. The smallest absolute Gasteiger partial charge is 0.315 e. The Hall–Kier alpha value is -11.0. The van der Waals surface area contributed by atoms with E-state index in [4.69, 9.17) is 62.4 Å². The van der Waals surface area contributed by atoms with E-state index >= 15 is 0 Å². The Kier molecular flexibility index (Phi) is 47.3. The van der Waals surface area contributed by atoms with E-state index in [2.05, 4.69) is 66.8 Å². The number of terminal acetylenes is 1. The van der Waals surface area contributed by atoms with Crippen molar-refractivity contribution in [3.63, 3.8) is 0 Å². The first-order chi connectivity index (χ1) is 45.9. The summed E-state index contributed by atoms with van der Waals surface area (Å²) >= 11 is 10.9. The van der Waals surface area contributed by atoms with Crippen LogP contribution in [0.25, 0.3) is 0 Å². The molecule has 0 bridgehead atoms.